The van der Waals surface area contributed by atoms with Gasteiger partial charge in [0.15, 0.2) is 0 Å². The summed E-state index contributed by atoms with van der Waals surface area (Å²) < 4.78 is 0. The molecule has 0 aromatic heterocycles. The fraction of sp³-hybridized carbons (Fsp3) is 0.400. The molecule has 0 atom stereocenters. The second-order valence-electron chi connectivity index (χ2n) is 3.16. The van der Waals surface area contributed by atoms with Gasteiger partial charge in [-0.05, 0) is 56.0 Å². The summed E-state index contributed by atoms with van der Waals surface area (Å²) in [5, 5.41) is 0. The molecule has 0 radical (unpaired) electrons. The van der Waals surface area contributed by atoms with Crippen molar-refractivity contribution in [1.82, 2.24) is 0 Å². The Bertz CT molecular complexity index is 266. The lowest BCUT2D eigenvalue weighted by Gasteiger charge is -2.10. The molecule has 0 saturated carbocycles. The van der Waals surface area contributed by atoms with E-state index in [-0.39, 0.29) is 12.4 Å². The predicted octanol–water partition coefficient (Wildman–Crippen LogP) is 2.92. The van der Waals surface area contributed by atoms with Crippen molar-refractivity contribution in [2.24, 2.45) is 0 Å². The molecule has 0 aliphatic rings. The average molecular weight is 186 g/mol. The maximum atomic E-state index is 5.79. The predicted molar refractivity (Wildman–Crippen MR) is 57.1 cm³/mol. The van der Waals surface area contributed by atoms with Crippen molar-refractivity contribution < 1.29 is 0 Å². The van der Waals surface area contributed by atoms with Crippen molar-refractivity contribution in [3.63, 3.8) is 0 Å². The minimum Gasteiger partial charge on any atom is -0.398 e. The molecular weight excluding hydrogens is 170 g/mol. The highest BCUT2D eigenvalue weighted by atomic mass is 35.5. The van der Waals surface area contributed by atoms with E-state index in [4.69, 9.17) is 5.73 Å². The van der Waals surface area contributed by atoms with Crippen LogP contribution in [0.1, 0.15) is 22.3 Å². The molecule has 2 N–H and O–H groups in total. The SMILES string of the molecule is Cc1cc(N)c(C)c(C)c1C.Cl. The minimum absolute atomic E-state index is 0. The smallest absolute Gasteiger partial charge is 0.0349 e. The zero-order chi connectivity index (χ0) is 8.59. The standard InChI is InChI=1S/C10H15N.ClH/c1-6-5-10(11)9(4)8(3)7(6)2;/h5H,11H2,1-4H3;1H. The first-order chi connectivity index (χ1) is 5.04. The third-order valence-electron chi connectivity index (χ3n) is 2.52. The number of anilines is 1. The van der Waals surface area contributed by atoms with Gasteiger partial charge in [-0.2, -0.15) is 0 Å². The highest BCUT2D eigenvalue weighted by molar-refractivity contribution is 5.85. The fourth-order valence-corrected chi connectivity index (χ4v) is 1.24. The molecule has 0 spiro atoms. The van der Waals surface area contributed by atoms with Crippen molar-refractivity contribution >= 4 is 18.1 Å². The van der Waals surface area contributed by atoms with Crippen molar-refractivity contribution in [3.05, 3.63) is 28.3 Å². The molecule has 0 aliphatic carbocycles. The number of halogens is 1. The van der Waals surface area contributed by atoms with Crippen LogP contribution in [-0.4, -0.2) is 0 Å². The van der Waals surface area contributed by atoms with E-state index >= 15 is 0 Å². The summed E-state index contributed by atoms with van der Waals surface area (Å²) in [5.41, 5.74) is 11.9. The van der Waals surface area contributed by atoms with Gasteiger partial charge in [-0.25, -0.2) is 0 Å². The molecule has 1 nitrogen and oxygen atoms in total. The van der Waals surface area contributed by atoms with Crippen LogP contribution in [0, 0.1) is 27.7 Å². The van der Waals surface area contributed by atoms with Crippen LogP contribution < -0.4 is 5.73 Å². The Kier molecular flexibility index (Phi) is 3.59. The number of aryl methyl sites for hydroxylation is 1. The van der Waals surface area contributed by atoms with Crippen molar-refractivity contribution in [1.29, 1.82) is 0 Å². The third-order valence-corrected chi connectivity index (χ3v) is 2.52. The Hall–Kier alpha value is -0.690. The maximum absolute atomic E-state index is 5.79. The number of nitrogen functional groups attached to an aromatic ring is 1. The summed E-state index contributed by atoms with van der Waals surface area (Å²) in [7, 11) is 0. The molecule has 0 saturated heterocycles. The summed E-state index contributed by atoms with van der Waals surface area (Å²) in [4.78, 5) is 0. The van der Waals surface area contributed by atoms with Gasteiger partial charge in [0.05, 0.1) is 0 Å². The largest absolute Gasteiger partial charge is 0.398 e. The van der Waals surface area contributed by atoms with Crippen LogP contribution in [0.4, 0.5) is 5.69 Å². The van der Waals surface area contributed by atoms with Gasteiger partial charge in [0.25, 0.3) is 0 Å². The molecule has 12 heavy (non-hydrogen) atoms. The summed E-state index contributed by atoms with van der Waals surface area (Å²) in [6, 6.07) is 2.04. The van der Waals surface area contributed by atoms with E-state index in [1.165, 1.54) is 22.3 Å². The minimum atomic E-state index is 0. The topological polar surface area (TPSA) is 26.0 Å². The van der Waals surface area contributed by atoms with E-state index in [9.17, 15) is 0 Å². The molecule has 68 valence electrons. The van der Waals surface area contributed by atoms with E-state index in [1.807, 2.05) is 6.07 Å². The van der Waals surface area contributed by atoms with Crippen LogP contribution in [0.15, 0.2) is 6.07 Å². The number of benzene rings is 1. The van der Waals surface area contributed by atoms with Crippen LogP contribution in [0.25, 0.3) is 0 Å². The van der Waals surface area contributed by atoms with E-state index < -0.39 is 0 Å². The Balaban J connectivity index is 0.00000121. The fourth-order valence-electron chi connectivity index (χ4n) is 1.24. The second-order valence-corrected chi connectivity index (χ2v) is 3.16. The number of nitrogens with two attached hydrogens (primary N) is 1. The second kappa shape index (κ2) is 3.81. The van der Waals surface area contributed by atoms with Crippen molar-refractivity contribution in [2.45, 2.75) is 27.7 Å². The quantitative estimate of drug-likeness (QED) is 0.618. The summed E-state index contributed by atoms with van der Waals surface area (Å²) in [5.74, 6) is 0. The maximum Gasteiger partial charge on any atom is 0.0349 e. The lowest BCUT2D eigenvalue weighted by atomic mass is 9.98. The lowest BCUT2D eigenvalue weighted by Crippen LogP contribution is -1.96. The Labute approximate surface area is 80.4 Å². The lowest BCUT2D eigenvalue weighted by molar-refractivity contribution is 1.22. The zero-order valence-corrected chi connectivity index (χ0v) is 8.88. The molecule has 0 unspecified atom stereocenters. The zero-order valence-electron chi connectivity index (χ0n) is 8.06. The van der Waals surface area contributed by atoms with Gasteiger partial charge in [-0.15, -0.1) is 12.4 Å². The van der Waals surface area contributed by atoms with E-state index in [2.05, 4.69) is 27.7 Å². The van der Waals surface area contributed by atoms with Crippen LogP contribution in [0.2, 0.25) is 0 Å². The first kappa shape index (κ1) is 11.3. The molecule has 0 bridgehead atoms. The molecule has 1 aromatic rings. The van der Waals surface area contributed by atoms with E-state index in [0.717, 1.165) is 5.69 Å². The summed E-state index contributed by atoms with van der Waals surface area (Å²) >= 11 is 0. The van der Waals surface area contributed by atoms with Gasteiger partial charge in [-0.1, -0.05) is 0 Å². The number of hydrogen-bond acceptors (Lipinski definition) is 1. The van der Waals surface area contributed by atoms with E-state index in [1.54, 1.807) is 0 Å². The highest BCUT2D eigenvalue weighted by Crippen LogP contribution is 2.22. The molecule has 0 amide bonds. The summed E-state index contributed by atoms with van der Waals surface area (Å²) in [6.07, 6.45) is 0. The Morgan fingerprint density at radius 2 is 1.42 bits per heavy atom. The Morgan fingerprint density at radius 3 is 1.92 bits per heavy atom. The Morgan fingerprint density at radius 1 is 0.917 bits per heavy atom. The molecule has 1 aromatic carbocycles. The number of hydrogen-bond donors (Lipinski definition) is 1. The van der Waals surface area contributed by atoms with E-state index in [0.29, 0.717) is 0 Å². The number of rotatable bonds is 0. The van der Waals surface area contributed by atoms with Crippen LogP contribution >= 0.6 is 12.4 Å². The molecular formula is C10H16ClN. The average Bonchev–Trinajstić information content (AvgIpc) is 1.97. The van der Waals surface area contributed by atoms with Gasteiger partial charge < -0.3 is 5.73 Å². The first-order valence-electron chi connectivity index (χ1n) is 3.87. The van der Waals surface area contributed by atoms with Crippen LogP contribution in [0.3, 0.4) is 0 Å². The van der Waals surface area contributed by atoms with Gasteiger partial charge in [0.2, 0.25) is 0 Å². The first-order valence-corrected chi connectivity index (χ1v) is 3.87. The molecule has 0 heterocycles. The monoisotopic (exact) mass is 185 g/mol. The van der Waals surface area contributed by atoms with Crippen molar-refractivity contribution in [2.75, 3.05) is 5.73 Å². The van der Waals surface area contributed by atoms with Gasteiger partial charge in [0, 0.05) is 5.69 Å². The summed E-state index contributed by atoms with van der Waals surface area (Å²) in [6.45, 7) is 8.42. The third kappa shape index (κ3) is 1.72. The molecule has 2 heteroatoms. The van der Waals surface area contributed by atoms with Gasteiger partial charge in [0.1, 0.15) is 0 Å². The van der Waals surface area contributed by atoms with Crippen LogP contribution in [-0.2, 0) is 0 Å². The molecule has 0 fully saturated rings. The highest BCUT2D eigenvalue weighted by Gasteiger charge is 2.02. The van der Waals surface area contributed by atoms with Crippen molar-refractivity contribution in [3.8, 4) is 0 Å². The van der Waals surface area contributed by atoms with Gasteiger partial charge in [-0.3, -0.25) is 0 Å². The van der Waals surface area contributed by atoms with Gasteiger partial charge >= 0.3 is 0 Å². The molecule has 1 rings (SSSR count). The normalized spacial score (nSPS) is 9.33. The van der Waals surface area contributed by atoms with Crippen LogP contribution in [0.5, 0.6) is 0 Å². The molecule has 0 aliphatic heterocycles.